The SMILES string of the molecule is CC(C)c1ccc2c(C(C)C)nncc2n1. The van der Waals surface area contributed by atoms with Crippen LogP contribution in [0.1, 0.15) is 50.9 Å². The number of fused-ring (bicyclic) bond motifs is 1. The predicted octanol–water partition coefficient (Wildman–Crippen LogP) is 3.27. The molecule has 16 heavy (non-hydrogen) atoms. The lowest BCUT2D eigenvalue weighted by molar-refractivity contribution is 0.793. The highest BCUT2D eigenvalue weighted by molar-refractivity contribution is 5.80. The van der Waals surface area contributed by atoms with Gasteiger partial charge in [-0.05, 0) is 24.0 Å². The average Bonchev–Trinajstić information content (AvgIpc) is 2.27. The summed E-state index contributed by atoms with van der Waals surface area (Å²) in [7, 11) is 0. The Kier molecular flexibility index (Phi) is 2.86. The van der Waals surface area contributed by atoms with Crippen molar-refractivity contribution in [3.8, 4) is 0 Å². The predicted molar refractivity (Wildman–Crippen MR) is 65.5 cm³/mol. The molecule has 0 spiro atoms. The van der Waals surface area contributed by atoms with Gasteiger partial charge >= 0.3 is 0 Å². The third kappa shape index (κ3) is 1.90. The van der Waals surface area contributed by atoms with Crippen LogP contribution in [0.15, 0.2) is 18.3 Å². The van der Waals surface area contributed by atoms with Crippen molar-refractivity contribution in [2.24, 2.45) is 0 Å². The van der Waals surface area contributed by atoms with E-state index in [9.17, 15) is 0 Å². The maximum atomic E-state index is 4.62. The zero-order valence-corrected chi connectivity index (χ0v) is 10.2. The van der Waals surface area contributed by atoms with E-state index in [-0.39, 0.29) is 0 Å². The van der Waals surface area contributed by atoms with Crippen molar-refractivity contribution in [3.05, 3.63) is 29.7 Å². The molecule has 2 rings (SSSR count). The minimum absolute atomic E-state index is 0.378. The van der Waals surface area contributed by atoms with Crippen LogP contribution in [0.4, 0.5) is 0 Å². The molecule has 0 unspecified atom stereocenters. The maximum Gasteiger partial charge on any atom is 0.0925 e. The first kappa shape index (κ1) is 11.0. The van der Waals surface area contributed by atoms with Crippen LogP contribution in [0.25, 0.3) is 10.9 Å². The smallest absolute Gasteiger partial charge is 0.0925 e. The van der Waals surface area contributed by atoms with Crippen molar-refractivity contribution in [1.29, 1.82) is 0 Å². The van der Waals surface area contributed by atoms with Crippen LogP contribution in [0.3, 0.4) is 0 Å². The molecule has 0 aromatic carbocycles. The third-order valence-electron chi connectivity index (χ3n) is 2.71. The molecule has 2 aromatic heterocycles. The standard InChI is InChI=1S/C13H17N3/c1-8(2)11-6-5-10-12(15-11)7-14-16-13(10)9(3)4/h5-9H,1-4H3. The molecule has 0 radical (unpaired) electrons. The number of hydrogen-bond acceptors (Lipinski definition) is 3. The molecular weight excluding hydrogens is 198 g/mol. The summed E-state index contributed by atoms with van der Waals surface area (Å²) in [5.74, 6) is 0.822. The van der Waals surface area contributed by atoms with Crippen LogP contribution in [-0.4, -0.2) is 15.2 Å². The quantitative estimate of drug-likeness (QED) is 0.771. The summed E-state index contributed by atoms with van der Waals surface area (Å²) in [6.45, 7) is 8.54. The molecule has 3 nitrogen and oxygen atoms in total. The third-order valence-corrected chi connectivity index (χ3v) is 2.71. The number of rotatable bonds is 2. The van der Waals surface area contributed by atoms with Gasteiger partial charge < -0.3 is 0 Å². The number of aromatic nitrogens is 3. The molecule has 84 valence electrons. The summed E-state index contributed by atoms with van der Waals surface area (Å²) in [5.41, 5.74) is 3.08. The van der Waals surface area contributed by atoms with E-state index in [1.807, 2.05) is 0 Å². The molecule has 0 amide bonds. The normalized spacial score (nSPS) is 11.6. The molecule has 0 aliphatic carbocycles. The molecule has 0 N–H and O–H groups in total. The van der Waals surface area contributed by atoms with Crippen molar-refractivity contribution < 1.29 is 0 Å². The fourth-order valence-electron chi connectivity index (χ4n) is 1.75. The summed E-state index contributed by atoms with van der Waals surface area (Å²) in [5, 5.41) is 9.33. The van der Waals surface area contributed by atoms with Gasteiger partial charge in [0.1, 0.15) is 0 Å². The summed E-state index contributed by atoms with van der Waals surface area (Å²) in [6.07, 6.45) is 1.74. The molecule has 2 aromatic rings. The highest BCUT2D eigenvalue weighted by atomic mass is 15.1. The van der Waals surface area contributed by atoms with Crippen LogP contribution >= 0.6 is 0 Å². The molecule has 0 saturated heterocycles. The van der Waals surface area contributed by atoms with Crippen molar-refractivity contribution in [2.75, 3.05) is 0 Å². The minimum atomic E-state index is 0.378. The molecule has 0 aliphatic heterocycles. The molecule has 3 heteroatoms. The van der Waals surface area contributed by atoms with Crippen molar-refractivity contribution in [3.63, 3.8) is 0 Å². The van der Waals surface area contributed by atoms with Gasteiger partial charge in [-0.15, -0.1) is 0 Å². The first-order valence-electron chi connectivity index (χ1n) is 5.72. The average molecular weight is 215 g/mol. The molecule has 2 heterocycles. The molecule has 0 fully saturated rings. The Labute approximate surface area is 95.9 Å². The number of pyridine rings is 1. The maximum absolute atomic E-state index is 4.62. The zero-order chi connectivity index (χ0) is 11.7. The van der Waals surface area contributed by atoms with Crippen LogP contribution in [0.2, 0.25) is 0 Å². The fourth-order valence-corrected chi connectivity index (χ4v) is 1.75. The van der Waals surface area contributed by atoms with E-state index in [4.69, 9.17) is 0 Å². The minimum Gasteiger partial charge on any atom is -0.251 e. The monoisotopic (exact) mass is 215 g/mol. The second-order valence-corrected chi connectivity index (χ2v) is 4.71. The van der Waals surface area contributed by atoms with Crippen molar-refractivity contribution in [1.82, 2.24) is 15.2 Å². The van der Waals surface area contributed by atoms with Crippen LogP contribution in [0, 0.1) is 0 Å². The van der Waals surface area contributed by atoms with Crippen molar-refractivity contribution >= 4 is 10.9 Å². The van der Waals surface area contributed by atoms with E-state index < -0.39 is 0 Å². The molecule has 0 saturated carbocycles. The van der Waals surface area contributed by atoms with E-state index in [0.29, 0.717) is 11.8 Å². The molecular formula is C13H17N3. The lowest BCUT2D eigenvalue weighted by Crippen LogP contribution is -2.00. The second kappa shape index (κ2) is 4.16. The summed E-state index contributed by atoms with van der Waals surface area (Å²) in [4.78, 5) is 4.62. The van der Waals surface area contributed by atoms with Gasteiger partial charge in [0.15, 0.2) is 0 Å². The fraction of sp³-hybridized carbons (Fsp3) is 0.462. The number of nitrogens with zero attached hydrogens (tertiary/aromatic N) is 3. The first-order chi connectivity index (χ1) is 7.59. The Balaban J connectivity index is 2.64. The van der Waals surface area contributed by atoms with E-state index in [1.54, 1.807) is 6.20 Å². The zero-order valence-electron chi connectivity index (χ0n) is 10.2. The van der Waals surface area contributed by atoms with Crippen molar-refractivity contribution in [2.45, 2.75) is 39.5 Å². The lowest BCUT2D eigenvalue weighted by atomic mass is 10.0. The van der Waals surface area contributed by atoms with Gasteiger partial charge in [0.25, 0.3) is 0 Å². The van der Waals surface area contributed by atoms with Gasteiger partial charge in [0, 0.05) is 11.1 Å². The van der Waals surface area contributed by atoms with Gasteiger partial charge in [-0.25, -0.2) is 0 Å². The summed E-state index contributed by atoms with van der Waals surface area (Å²) >= 11 is 0. The number of hydrogen-bond donors (Lipinski definition) is 0. The molecule has 0 atom stereocenters. The van der Waals surface area contributed by atoms with E-state index in [2.05, 4.69) is 55.0 Å². The van der Waals surface area contributed by atoms with Gasteiger partial charge in [0.05, 0.1) is 17.4 Å². The van der Waals surface area contributed by atoms with Gasteiger partial charge in [0.2, 0.25) is 0 Å². The summed E-state index contributed by atoms with van der Waals surface area (Å²) < 4.78 is 0. The second-order valence-electron chi connectivity index (χ2n) is 4.71. The highest BCUT2D eigenvalue weighted by Crippen LogP contribution is 2.23. The summed E-state index contributed by atoms with van der Waals surface area (Å²) in [6, 6.07) is 4.20. The first-order valence-corrected chi connectivity index (χ1v) is 5.72. The van der Waals surface area contributed by atoms with Gasteiger partial charge in [-0.2, -0.15) is 10.2 Å². The largest absolute Gasteiger partial charge is 0.251 e. The topological polar surface area (TPSA) is 38.7 Å². The van der Waals surface area contributed by atoms with E-state index in [1.165, 1.54) is 0 Å². The Morgan fingerprint density at radius 3 is 2.38 bits per heavy atom. The van der Waals surface area contributed by atoms with E-state index in [0.717, 1.165) is 22.3 Å². The van der Waals surface area contributed by atoms with Crippen LogP contribution in [0.5, 0.6) is 0 Å². The Bertz CT molecular complexity index is 504. The van der Waals surface area contributed by atoms with Gasteiger partial charge in [-0.1, -0.05) is 27.7 Å². The Morgan fingerprint density at radius 1 is 1.00 bits per heavy atom. The van der Waals surface area contributed by atoms with Gasteiger partial charge in [-0.3, -0.25) is 4.98 Å². The van der Waals surface area contributed by atoms with Crippen LogP contribution < -0.4 is 0 Å². The Morgan fingerprint density at radius 2 is 1.75 bits per heavy atom. The molecule has 0 bridgehead atoms. The lowest BCUT2D eigenvalue weighted by Gasteiger charge is -2.09. The highest BCUT2D eigenvalue weighted by Gasteiger charge is 2.09. The van der Waals surface area contributed by atoms with Crippen LogP contribution in [-0.2, 0) is 0 Å². The van der Waals surface area contributed by atoms with E-state index >= 15 is 0 Å². The Hall–Kier alpha value is -1.51. The molecule has 0 aliphatic rings.